The average Bonchev–Trinajstić information content (AvgIpc) is 2.96. The van der Waals surface area contributed by atoms with Gasteiger partial charge in [-0.3, -0.25) is 33.6 Å². The molecule has 1 aliphatic rings. The van der Waals surface area contributed by atoms with Crippen LogP contribution >= 0.6 is 7.37 Å². The van der Waals surface area contributed by atoms with Crippen LogP contribution in [0.15, 0.2) is 18.5 Å². The standard InChI is InChI=1S/C22H33N4O6P/c1-13(2)8-15(19(27)25-18(9-14(3)4)20(28)23-5)11-33(31,32)12-26-21(29)16-6-7-24-10-17(16)22(26)30/h6-7,10,13-15,18H,8-9,11-12H2,1-5H3,(H,23,28)(H,25,27)(H,31,32)/t15-,18+/m1/s1. The van der Waals surface area contributed by atoms with Gasteiger partial charge in [-0.25, -0.2) is 0 Å². The smallest absolute Gasteiger partial charge is 0.263 e. The van der Waals surface area contributed by atoms with Crippen LogP contribution in [0.25, 0.3) is 0 Å². The normalized spacial score (nSPS) is 17.0. The molecular formula is C22H33N4O6P. The molecule has 1 unspecified atom stereocenters. The Labute approximate surface area is 194 Å². The van der Waals surface area contributed by atoms with Crippen molar-refractivity contribution in [1.82, 2.24) is 20.5 Å². The van der Waals surface area contributed by atoms with E-state index in [1.807, 2.05) is 27.7 Å². The minimum atomic E-state index is -4.11. The lowest BCUT2D eigenvalue weighted by Gasteiger charge is -2.26. The number of hydrogen-bond acceptors (Lipinski definition) is 6. The molecular weight excluding hydrogens is 447 g/mol. The second-order valence-corrected chi connectivity index (χ2v) is 11.6. The van der Waals surface area contributed by atoms with Crippen LogP contribution in [0.4, 0.5) is 0 Å². The second kappa shape index (κ2) is 11.0. The number of fused-ring (bicyclic) bond motifs is 1. The summed E-state index contributed by atoms with van der Waals surface area (Å²) in [4.78, 5) is 65.6. The molecule has 2 rings (SSSR count). The zero-order valence-corrected chi connectivity index (χ0v) is 20.6. The summed E-state index contributed by atoms with van der Waals surface area (Å²) < 4.78 is 13.1. The number of hydrogen-bond donors (Lipinski definition) is 3. The summed E-state index contributed by atoms with van der Waals surface area (Å²) >= 11 is 0. The molecule has 0 saturated carbocycles. The van der Waals surface area contributed by atoms with Crippen LogP contribution in [-0.2, 0) is 14.2 Å². The highest BCUT2D eigenvalue weighted by Crippen LogP contribution is 2.45. The molecule has 182 valence electrons. The molecule has 4 amide bonds. The van der Waals surface area contributed by atoms with Crippen molar-refractivity contribution in [1.29, 1.82) is 0 Å². The molecule has 0 radical (unpaired) electrons. The van der Waals surface area contributed by atoms with Gasteiger partial charge in [-0.1, -0.05) is 27.7 Å². The highest BCUT2D eigenvalue weighted by atomic mass is 31.2. The van der Waals surface area contributed by atoms with Crippen molar-refractivity contribution >= 4 is 31.0 Å². The lowest BCUT2D eigenvalue weighted by atomic mass is 9.96. The fourth-order valence-electron chi connectivity index (χ4n) is 3.89. The summed E-state index contributed by atoms with van der Waals surface area (Å²) in [6.45, 7) is 7.61. The maximum absolute atomic E-state index is 13.1. The Morgan fingerprint density at radius 3 is 2.21 bits per heavy atom. The predicted octanol–water partition coefficient (Wildman–Crippen LogP) is 1.84. The molecule has 33 heavy (non-hydrogen) atoms. The topological polar surface area (TPSA) is 146 Å². The fourth-order valence-corrected chi connectivity index (χ4v) is 5.70. The third-order valence-electron chi connectivity index (χ3n) is 5.35. The molecule has 0 saturated heterocycles. The Bertz CT molecular complexity index is 929. The van der Waals surface area contributed by atoms with E-state index in [-0.39, 0.29) is 28.9 Å². The van der Waals surface area contributed by atoms with E-state index in [4.69, 9.17) is 0 Å². The van der Waals surface area contributed by atoms with Gasteiger partial charge in [0.1, 0.15) is 12.3 Å². The molecule has 11 heteroatoms. The maximum atomic E-state index is 13.1. The first-order valence-corrected chi connectivity index (χ1v) is 13.0. The first kappa shape index (κ1) is 26.7. The van der Waals surface area contributed by atoms with Gasteiger partial charge >= 0.3 is 0 Å². The summed E-state index contributed by atoms with van der Waals surface area (Å²) in [7, 11) is -2.63. The number of nitrogens with one attached hydrogen (secondary N) is 2. The molecule has 0 aromatic carbocycles. The lowest BCUT2D eigenvalue weighted by molar-refractivity contribution is -0.131. The zero-order valence-electron chi connectivity index (χ0n) is 19.7. The van der Waals surface area contributed by atoms with Crippen LogP contribution < -0.4 is 10.6 Å². The van der Waals surface area contributed by atoms with Gasteiger partial charge in [-0.15, -0.1) is 0 Å². The van der Waals surface area contributed by atoms with Gasteiger partial charge in [-0.2, -0.15) is 0 Å². The van der Waals surface area contributed by atoms with Crippen molar-refractivity contribution in [2.45, 2.75) is 46.6 Å². The summed E-state index contributed by atoms with van der Waals surface area (Å²) in [6, 6.07) is 0.625. The summed E-state index contributed by atoms with van der Waals surface area (Å²) in [5.41, 5.74) is 0.217. The highest BCUT2D eigenvalue weighted by molar-refractivity contribution is 7.58. The van der Waals surface area contributed by atoms with Crippen molar-refractivity contribution in [3.05, 3.63) is 29.6 Å². The molecule has 1 aliphatic heterocycles. The largest absolute Gasteiger partial charge is 0.357 e. The van der Waals surface area contributed by atoms with Crippen LogP contribution in [-0.4, -0.2) is 63.9 Å². The van der Waals surface area contributed by atoms with Crippen LogP contribution in [0.1, 0.15) is 61.3 Å². The molecule has 0 aliphatic carbocycles. The molecule has 3 atom stereocenters. The third kappa shape index (κ3) is 6.95. The molecule has 0 bridgehead atoms. The number of pyridine rings is 1. The van der Waals surface area contributed by atoms with Crippen molar-refractivity contribution in [2.24, 2.45) is 17.8 Å². The number of amides is 4. The molecule has 2 heterocycles. The van der Waals surface area contributed by atoms with E-state index in [0.29, 0.717) is 12.8 Å². The Hall–Kier alpha value is -2.58. The monoisotopic (exact) mass is 480 g/mol. The fraction of sp³-hybridized carbons (Fsp3) is 0.591. The molecule has 10 nitrogen and oxygen atoms in total. The highest BCUT2D eigenvalue weighted by Gasteiger charge is 2.41. The number of aromatic nitrogens is 1. The van der Waals surface area contributed by atoms with Crippen LogP contribution in [0.5, 0.6) is 0 Å². The number of nitrogens with zero attached hydrogens (tertiary/aromatic N) is 2. The van der Waals surface area contributed by atoms with Crippen molar-refractivity contribution in [3.8, 4) is 0 Å². The summed E-state index contributed by atoms with van der Waals surface area (Å²) in [6.07, 6.45) is 2.25. The molecule has 1 aromatic heterocycles. The minimum absolute atomic E-state index is 0.0367. The van der Waals surface area contributed by atoms with Crippen LogP contribution in [0.3, 0.4) is 0 Å². The second-order valence-electron chi connectivity index (χ2n) is 9.26. The predicted molar refractivity (Wildman–Crippen MR) is 123 cm³/mol. The van der Waals surface area contributed by atoms with E-state index in [9.17, 15) is 28.6 Å². The summed E-state index contributed by atoms with van der Waals surface area (Å²) in [5.74, 6) is -2.87. The van der Waals surface area contributed by atoms with Gasteiger partial charge in [0.15, 0.2) is 0 Å². The van der Waals surface area contributed by atoms with Gasteiger partial charge in [0.25, 0.3) is 11.8 Å². The summed E-state index contributed by atoms with van der Waals surface area (Å²) in [5, 5.41) is 5.24. The molecule has 0 fully saturated rings. The van der Waals surface area contributed by atoms with Gasteiger partial charge in [-0.05, 0) is 30.7 Å². The van der Waals surface area contributed by atoms with E-state index in [1.165, 1.54) is 25.5 Å². The first-order valence-electron chi connectivity index (χ1n) is 11.0. The van der Waals surface area contributed by atoms with Crippen LogP contribution in [0.2, 0.25) is 0 Å². The van der Waals surface area contributed by atoms with Gasteiger partial charge in [0.05, 0.1) is 11.1 Å². The van der Waals surface area contributed by atoms with Crippen molar-refractivity contribution in [3.63, 3.8) is 0 Å². The average molecular weight is 481 g/mol. The lowest BCUT2D eigenvalue weighted by Crippen LogP contribution is -2.49. The zero-order chi connectivity index (χ0) is 24.9. The van der Waals surface area contributed by atoms with Gasteiger partial charge in [0, 0.05) is 31.5 Å². The quantitative estimate of drug-likeness (QED) is 0.324. The number of likely N-dealkylation sites (N-methyl/N-ethyl adjacent to an activating group) is 1. The number of imide groups is 1. The van der Waals surface area contributed by atoms with E-state index in [1.54, 1.807) is 0 Å². The van der Waals surface area contributed by atoms with Gasteiger partial charge in [0.2, 0.25) is 19.2 Å². The van der Waals surface area contributed by atoms with E-state index in [0.717, 1.165) is 4.90 Å². The molecule has 1 aromatic rings. The van der Waals surface area contributed by atoms with E-state index >= 15 is 0 Å². The third-order valence-corrected chi connectivity index (χ3v) is 7.09. The minimum Gasteiger partial charge on any atom is -0.357 e. The maximum Gasteiger partial charge on any atom is 0.263 e. The SMILES string of the molecule is CNC(=O)[C@H](CC(C)C)NC(=O)[C@H](CC(C)C)CP(=O)(O)CN1C(=O)c2ccncc2C1=O. The molecule has 3 N–H and O–H groups in total. The van der Waals surface area contributed by atoms with Crippen molar-refractivity contribution < 1.29 is 28.6 Å². The Balaban J connectivity index is 2.17. The van der Waals surface area contributed by atoms with Crippen molar-refractivity contribution in [2.75, 3.05) is 19.5 Å². The molecule has 0 spiro atoms. The Kier molecular flexibility index (Phi) is 8.91. The Morgan fingerprint density at radius 1 is 1.06 bits per heavy atom. The van der Waals surface area contributed by atoms with Gasteiger partial charge < -0.3 is 15.5 Å². The number of rotatable bonds is 11. The first-order chi connectivity index (χ1) is 15.4. The number of carbonyl (C=O) groups excluding carboxylic acids is 4. The Morgan fingerprint density at radius 2 is 1.67 bits per heavy atom. The number of carbonyl (C=O) groups is 4. The van der Waals surface area contributed by atoms with Crippen LogP contribution in [0, 0.1) is 17.8 Å². The van der Waals surface area contributed by atoms with E-state index < -0.39 is 49.5 Å². The van der Waals surface area contributed by atoms with E-state index in [2.05, 4.69) is 15.6 Å².